The fourth-order valence-corrected chi connectivity index (χ4v) is 2.88. The van der Waals surface area contributed by atoms with E-state index >= 15 is 0 Å². The van der Waals surface area contributed by atoms with E-state index in [-0.39, 0.29) is 0 Å². The molecule has 1 aliphatic heterocycles. The summed E-state index contributed by atoms with van der Waals surface area (Å²) in [7, 11) is 0. The van der Waals surface area contributed by atoms with E-state index in [2.05, 4.69) is 31.6 Å². The zero-order chi connectivity index (χ0) is 14.9. The van der Waals surface area contributed by atoms with Gasteiger partial charge in [-0.1, -0.05) is 0 Å². The number of aryl methyl sites for hydroxylation is 1. The maximum absolute atomic E-state index is 4.78. The molecular weight excluding hydrogens is 278 g/mol. The summed E-state index contributed by atoms with van der Waals surface area (Å²) in [5, 5.41) is 10.4. The number of fused-ring (bicyclic) bond motifs is 1. The van der Waals surface area contributed by atoms with Crippen molar-refractivity contribution in [3.8, 4) is 0 Å². The van der Waals surface area contributed by atoms with E-state index in [1.165, 1.54) is 19.3 Å². The molecule has 0 aliphatic carbocycles. The third kappa shape index (κ3) is 2.38. The molecule has 22 heavy (non-hydrogen) atoms. The van der Waals surface area contributed by atoms with E-state index in [9.17, 15) is 0 Å². The minimum Gasteiger partial charge on any atom is -0.355 e. The summed E-state index contributed by atoms with van der Waals surface area (Å²) in [5.74, 6) is 2.48. The van der Waals surface area contributed by atoms with Crippen LogP contribution in [0.25, 0.3) is 5.65 Å². The highest BCUT2D eigenvalue weighted by atomic mass is 15.3. The van der Waals surface area contributed by atoms with Gasteiger partial charge in [0.15, 0.2) is 17.3 Å². The first-order chi connectivity index (χ1) is 10.8. The molecule has 1 saturated heterocycles. The molecule has 7 nitrogen and oxygen atoms in total. The van der Waals surface area contributed by atoms with Crippen LogP contribution in [0.1, 0.15) is 25.0 Å². The van der Waals surface area contributed by atoms with Crippen LogP contribution in [-0.2, 0) is 0 Å². The quantitative estimate of drug-likeness (QED) is 0.777. The van der Waals surface area contributed by atoms with Crippen molar-refractivity contribution in [1.29, 1.82) is 0 Å². The van der Waals surface area contributed by atoms with Crippen molar-refractivity contribution < 1.29 is 0 Å². The summed E-state index contributed by atoms with van der Waals surface area (Å²) in [6, 6.07) is 1.95. The Bertz CT molecular complexity index is 782. The Morgan fingerprint density at radius 3 is 2.86 bits per heavy atom. The van der Waals surface area contributed by atoms with Gasteiger partial charge >= 0.3 is 0 Å². The summed E-state index contributed by atoms with van der Waals surface area (Å²) in [4.78, 5) is 11.5. The monoisotopic (exact) mass is 297 g/mol. The number of aromatic nitrogens is 5. The zero-order valence-corrected chi connectivity index (χ0v) is 12.6. The van der Waals surface area contributed by atoms with Gasteiger partial charge in [-0.05, 0) is 26.2 Å². The lowest BCUT2D eigenvalue weighted by Gasteiger charge is -2.28. The number of piperidine rings is 1. The van der Waals surface area contributed by atoms with Crippen LogP contribution in [0.5, 0.6) is 0 Å². The molecule has 0 spiro atoms. The van der Waals surface area contributed by atoms with E-state index in [1.54, 1.807) is 6.20 Å². The fourth-order valence-electron chi connectivity index (χ4n) is 2.88. The maximum atomic E-state index is 4.78. The van der Waals surface area contributed by atoms with Crippen molar-refractivity contribution in [1.82, 2.24) is 24.6 Å². The van der Waals surface area contributed by atoms with Gasteiger partial charge in [0.1, 0.15) is 5.82 Å². The number of hydrogen-bond acceptors (Lipinski definition) is 5. The molecule has 1 fully saturated rings. The van der Waals surface area contributed by atoms with Crippen molar-refractivity contribution in [2.45, 2.75) is 26.2 Å². The Balaban J connectivity index is 1.73. The van der Waals surface area contributed by atoms with Gasteiger partial charge in [-0.2, -0.15) is 5.10 Å². The number of anilines is 3. The second kappa shape index (κ2) is 5.32. The molecule has 0 bridgehead atoms. The number of aromatic amines is 1. The van der Waals surface area contributed by atoms with E-state index in [0.29, 0.717) is 0 Å². The second-order valence-electron chi connectivity index (χ2n) is 5.71. The Morgan fingerprint density at radius 2 is 2.09 bits per heavy atom. The molecular formula is C15H19N7. The Kier molecular flexibility index (Phi) is 3.17. The molecule has 4 heterocycles. The number of imidazole rings is 1. The first-order valence-corrected chi connectivity index (χ1v) is 7.67. The van der Waals surface area contributed by atoms with Crippen LogP contribution < -0.4 is 10.2 Å². The summed E-state index contributed by atoms with van der Waals surface area (Å²) in [6.45, 7) is 4.10. The average Bonchev–Trinajstić information content (AvgIpc) is 3.17. The van der Waals surface area contributed by atoms with Gasteiger partial charge in [0.2, 0.25) is 0 Å². The van der Waals surface area contributed by atoms with Crippen LogP contribution in [-0.4, -0.2) is 37.7 Å². The summed E-state index contributed by atoms with van der Waals surface area (Å²) in [5.41, 5.74) is 1.82. The Labute approximate surface area is 128 Å². The van der Waals surface area contributed by atoms with Crippen LogP contribution in [0, 0.1) is 6.92 Å². The summed E-state index contributed by atoms with van der Waals surface area (Å²) >= 11 is 0. The predicted molar refractivity (Wildman–Crippen MR) is 85.7 cm³/mol. The predicted octanol–water partition coefficient (Wildman–Crippen LogP) is 2.49. The SMILES string of the molecule is Cc1cc(Nc2nc(N3CCCCC3)cn3ccnc23)n[nH]1. The van der Waals surface area contributed by atoms with Crippen LogP contribution in [0.3, 0.4) is 0 Å². The molecule has 114 valence electrons. The average molecular weight is 297 g/mol. The van der Waals surface area contributed by atoms with Gasteiger partial charge in [0.05, 0.1) is 6.20 Å². The number of nitrogens with zero attached hydrogens (tertiary/aromatic N) is 5. The highest BCUT2D eigenvalue weighted by Crippen LogP contribution is 2.24. The van der Waals surface area contributed by atoms with Gasteiger partial charge in [0, 0.05) is 37.2 Å². The van der Waals surface area contributed by atoms with Crippen LogP contribution in [0.15, 0.2) is 24.7 Å². The normalized spacial score (nSPS) is 15.4. The van der Waals surface area contributed by atoms with Crippen LogP contribution in [0.4, 0.5) is 17.5 Å². The molecule has 1 aliphatic rings. The number of H-pyrrole nitrogens is 1. The van der Waals surface area contributed by atoms with Crippen LogP contribution >= 0.6 is 0 Å². The summed E-state index contributed by atoms with van der Waals surface area (Å²) in [6.07, 6.45) is 9.55. The number of rotatable bonds is 3. The van der Waals surface area contributed by atoms with Crippen molar-refractivity contribution in [3.63, 3.8) is 0 Å². The van der Waals surface area contributed by atoms with Crippen molar-refractivity contribution in [2.75, 3.05) is 23.3 Å². The summed E-state index contributed by atoms with van der Waals surface area (Å²) < 4.78 is 2.01. The van der Waals surface area contributed by atoms with Crippen molar-refractivity contribution in [3.05, 3.63) is 30.4 Å². The molecule has 3 aromatic rings. The van der Waals surface area contributed by atoms with Gasteiger partial charge in [0.25, 0.3) is 0 Å². The maximum Gasteiger partial charge on any atom is 0.180 e. The van der Waals surface area contributed by atoms with Gasteiger partial charge in [-0.25, -0.2) is 9.97 Å². The van der Waals surface area contributed by atoms with Gasteiger partial charge < -0.3 is 14.6 Å². The van der Waals surface area contributed by atoms with E-state index < -0.39 is 0 Å². The highest BCUT2D eigenvalue weighted by Gasteiger charge is 2.16. The largest absolute Gasteiger partial charge is 0.355 e. The number of hydrogen-bond donors (Lipinski definition) is 2. The molecule has 0 aromatic carbocycles. The molecule has 2 N–H and O–H groups in total. The molecule has 0 atom stereocenters. The lowest BCUT2D eigenvalue weighted by atomic mass is 10.1. The molecule has 0 unspecified atom stereocenters. The topological polar surface area (TPSA) is 74.1 Å². The smallest absolute Gasteiger partial charge is 0.180 e. The Hall–Kier alpha value is -2.57. The van der Waals surface area contributed by atoms with E-state index in [1.807, 2.05) is 23.6 Å². The molecule has 0 amide bonds. The van der Waals surface area contributed by atoms with Gasteiger partial charge in [-0.15, -0.1) is 0 Å². The minimum atomic E-state index is 0.736. The van der Waals surface area contributed by atoms with E-state index in [0.717, 1.165) is 41.9 Å². The van der Waals surface area contributed by atoms with Crippen LogP contribution in [0.2, 0.25) is 0 Å². The first-order valence-electron chi connectivity index (χ1n) is 7.67. The Morgan fingerprint density at radius 1 is 1.23 bits per heavy atom. The molecule has 3 aromatic heterocycles. The van der Waals surface area contributed by atoms with Gasteiger partial charge in [-0.3, -0.25) is 5.10 Å². The lowest BCUT2D eigenvalue weighted by molar-refractivity contribution is 0.573. The fraction of sp³-hybridized carbons (Fsp3) is 0.400. The lowest BCUT2D eigenvalue weighted by Crippen LogP contribution is -2.30. The van der Waals surface area contributed by atoms with Crippen molar-refractivity contribution in [2.24, 2.45) is 0 Å². The molecule has 4 rings (SSSR count). The van der Waals surface area contributed by atoms with Crippen molar-refractivity contribution >= 4 is 23.1 Å². The molecule has 0 radical (unpaired) electrons. The minimum absolute atomic E-state index is 0.736. The highest BCUT2D eigenvalue weighted by molar-refractivity contribution is 5.70. The third-order valence-corrected chi connectivity index (χ3v) is 3.99. The molecule has 7 heteroatoms. The zero-order valence-electron chi connectivity index (χ0n) is 12.6. The number of nitrogens with one attached hydrogen (secondary N) is 2. The van der Waals surface area contributed by atoms with E-state index in [4.69, 9.17) is 4.98 Å². The second-order valence-corrected chi connectivity index (χ2v) is 5.71. The third-order valence-electron chi connectivity index (χ3n) is 3.99. The first kappa shape index (κ1) is 13.1. The molecule has 0 saturated carbocycles. The standard InChI is InChI=1S/C15H19N7/c1-11-9-12(20-19-11)17-14-15-16-5-8-22(15)10-13(18-14)21-6-3-2-4-7-21/h5,8-10H,2-4,6-7H2,1H3,(H2,17,18,19,20).